The minimum atomic E-state index is -3.78. The molecule has 2 N–H and O–H groups in total. The van der Waals surface area contributed by atoms with Crippen LogP contribution < -0.4 is 10.0 Å². The topological polar surface area (TPSA) is 102 Å². The van der Waals surface area contributed by atoms with Crippen LogP contribution in [0.2, 0.25) is 5.02 Å². The van der Waals surface area contributed by atoms with Crippen molar-refractivity contribution in [2.75, 3.05) is 10.0 Å². The van der Waals surface area contributed by atoms with Crippen LogP contribution in [0.15, 0.2) is 78.2 Å². The molecule has 0 bridgehead atoms. The Bertz CT molecular complexity index is 1280. The summed E-state index contributed by atoms with van der Waals surface area (Å²) in [5, 5.41) is 3.36. The molecule has 152 valence electrons. The van der Waals surface area contributed by atoms with Gasteiger partial charge in [0.15, 0.2) is 0 Å². The van der Waals surface area contributed by atoms with Crippen molar-refractivity contribution in [1.82, 2.24) is 19.5 Å². The Labute approximate surface area is 178 Å². The number of aryl methyl sites for hydroxylation is 1. The Morgan fingerprint density at radius 3 is 2.43 bits per heavy atom. The molecule has 30 heavy (non-hydrogen) atoms. The van der Waals surface area contributed by atoms with Crippen molar-refractivity contribution >= 4 is 38.8 Å². The van der Waals surface area contributed by atoms with Gasteiger partial charge in [0.1, 0.15) is 28.7 Å². The van der Waals surface area contributed by atoms with Crippen LogP contribution in [0.25, 0.3) is 5.82 Å². The zero-order valence-corrected chi connectivity index (χ0v) is 17.4. The maximum absolute atomic E-state index is 12.6. The lowest BCUT2D eigenvalue weighted by molar-refractivity contribution is 0.601. The standard InChI is InChI=1S/C20H17ClN6O2S/c1-14-23-19(12-20(24-14)27-11-10-22-13-27)25-15-6-8-16(9-7-15)26-30(28,29)18-5-3-2-4-17(18)21/h2-13,26H,1H3,(H,23,24,25). The fourth-order valence-electron chi connectivity index (χ4n) is 2.79. The average molecular weight is 441 g/mol. The number of anilines is 3. The van der Waals surface area contributed by atoms with E-state index in [4.69, 9.17) is 11.6 Å². The average Bonchev–Trinajstić information content (AvgIpc) is 3.24. The molecule has 4 aromatic rings. The van der Waals surface area contributed by atoms with Crippen LogP contribution >= 0.6 is 11.6 Å². The number of hydrogen-bond donors (Lipinski definition) is 2. The highest BCUT2D eigenvalue weighted by Crippen LogP contribution is 2.25. The van der Waals surface area contributed by atoms with Gasteiger partial charge < -0.3 is 5.32 Å². The lowest BCUT2D eigenvalue weighted by atomic mass is 10.3. The van der Waals surface area contributed by atoms with Crippen LogP contribution in [0.1, 0.15) is 5.82 Å². The van der Waals surface area contributed by atoms with E-state index in [9.17, 15) is 8.42 Å². The summed E-state index contributed by atoms with van der Waals surface area (Å²) in [6.07, 6.45) is 5.13. The number of aromatic nitrogens is 4. The van der Waals surface area contributed by atoms with Crippen LogP contribution in [0.5, 0.6) is 0 Å². The molecule has 0 atom stereocenters. The fraction of sp³-hybridized carbons (Fsp3) is 0.0500. The molecule has 0 aliphatic carbocycles. The Morgan fingerprint density at radius 2 is 1.73 bits per heavy atom. The minimum absolute atomic E-state index is 0.0253. The Balaban J connectivity index is 1.52. The highest BCUT2D eigenvalue weighted by Gasteiger charge is 2.17. The maximum Gasteiger partial charge on any atom is 0.263 e. The van der Waals surface area contributed by atoms with Gasteiger partial charge in [0.05, 0.1) is 5.02 Å². The van der Waals surface area contributed by atoms with Crippen molar-refractivity contribution in [2.24, 2.45) is 0 Å². The van der Waals surface area contributed by atoms with Crippen molar-refractivity contribution in [2.45, 2.75) is 11.8 Å². The van der Waals surface area contributed by atoms with Gasteiger partial charge in [-0.2, -0.15) is 0 Å². The zero-order valence-electron chi connectivity index (χ0n) is 15.8. The third kappa shape index (κ3) is 4.42. The van der Waals surface area contributed by atoms with E-state index < -0.39 is 10.0 Å². The quantitative estimate of drug-likeness (QED) is 0.466. The molecule has 0 saturated carbocycles. The van der Waals surface area contributed by atoms with Gasteiger partial charge >= 0.3 is 0 Å². The van der Waals surface area contributed by atoms with Crippen LogP contribution in [-0.4, -0.2) is 27.9 Å². The molecule has 0 spiro atoms. The Morgan fingerprint density at radius 1 is 1.00 bits per heavy atom. The summed E-state index contributed by atoms with van der Waals surface area (Å²) in [6, 6.07) is 14.9. The molecule has 8 nitrogen and oxygen atoms in total. The third-order valence-corrected chi connectivity index (χ3v) is 6.01. The molecule has 0 saturated heterocycles. The van der Waals surface area contributed by atoms with E-state index in [-0.39, 0.29) is 9.92 Å². The van der Waals surface area contributed by atoms with Crippen LogP contribution in [0.4, 0.5) is 17.2 Å². The molecular weight excluding hydrogens is 424 g/mol. The summed E-state index contributed by atoms with van der Waals surface area (Å²) in [5.74, 6) is 1.90. The predicted molar refractivity (Wildman–Crippen MR) is 116 cm³/mol. The van der Waals surface area contributed by atoms with Gasteiger partial charge in [-0.3, -0.25) is 9.29 Å². The van der Waals surface area contributed by atoms with Gasteiger partial charge in [-0.1, -0.05) is 23.7 Å². The van der Waals surface area contributed by atoms with E-state index in [1.807, 2.05) is 0 Å². The highest BCUT2D eigenvalue weighted by molar-refractivity contribution is 7.92. The number of rotatable bonds is 6. The van der Waals surface area contributed by atoms with Crippen molar-refractivity contribution in [3.63, 3.8) is 0 Å². The molecule has 2 aromatic carbocycles. The normalized spacial score (nSPS) is 11.3. The largest absolute Gasteiger partial charge is 0.340 e. The Hall–Kier alpha value is -3.43. The Kier molecular flexibility index (Phi) is 5.39. The van der Waals surface area contributed by atoms with Crippen molar-refractivity contribution in [1.29, 1.82) is 0 Å². The molecule has 4 rings (SSSR count). The maximum atomic E-state index is 12.6. The fourth-order valence-corrected chi connectivity index (χ4v) is 4.36. The van der Waals surface area contributed by atoms with Crippen LogP contribution in [-0.2, 0) is 10.0 Å². The summed E-state index contributed by atoms with van der Waals surface area (Å²) in [6.45, 7) is 1.80. The summed E-state index contributed by atoms with van der Waals surface area (Å²) >= 11 is 6.01. The molecule has 0 aliphatic rings. The number of benzene rings is 2. The smallest absolute Gasteiger partial charge is 0.263 e. The van der Waals surface area contributed by atoms with Gasteiger partial charge in [-0.15, -0.1) is 0 Å². The molecular formula is C20H17ClN6O2S. The predicted octanol–water partition coefficient (Wildman–Crippen LogP) is 4.17. The molecule has 0 unspecified atom stereocenters. The van der Waals surface area contributed by atoms with E-state index in [1.165, 1.54) is 12.1 Å². The number of sulfonamides is 1. The van der Waals surface area contributed by atoms with Gasteiger partial charge in [-0.25, -0.2) is 23.4 Å². The number of imidazole rings is 1. The third-order valence-electron chi connectivity index (χ3n) is 4.13. The van der Waals surface area contributed by atoms with E-state index in [2.05, 4.69) is 25.0 Å². The number of nitrogens with one attached hydrogen (secondary N) is 2. The molecule has 0 amide bonds. The van der Waals surface area contributed by atoms with Gasteiger partial charge in [0, 0.05) is 29.8 Å². The monoisotopic (exact) mass is 440 g/mol. The number of hydrogen-bond acceptors (Lipinski definition) is 6. The van der Waals surface area contributed by atoms with E-state index in [1.54, 1.807) is 72.7 Å². The lowest BCUT2D eigenvalue weighted by Gasteiger charge is -2.11. The molecule has 2 aromatic heterocycles. The van der Waals surface area contributed by atoms with Crippen molar-refractivity contribution in [3.8, 4) is 5.82 Å². The first-order valence-electron chi connectivity index (χ1n) is 8.89. The second kappa shape index (κ2) is 8.13. The number of nitrogens with zero attached hydrogens (tertiary/aromatic N) is 4. The summed E-state index contributed by atoms with van der Waals surface area (Å²) in [7, 11) is -3.78. The van der Waals surface area contributed by atoms with Crippen molar-refractivity contribution < 1.29 is 8.42 Å². The second-order valence-corrected chi connectivity index (χ2v) is 8.42. The van der Waals surface area contributed by atoms with E-state index >= 15 is 0 Å². The van der Waals surface area contributed by atoms with Gasteiger partial charge in [-0.05, 0) is 43.3 Å². The highest BCUT2D eigenvalue weighted by atomic mass is 35.5. The van der Waals surface area contributed by atoms with Crippen LogP contribution in [0, 0.1) is 6.92 Å². The first-order chi connectivity index (χ1) is 14.4. The minimum Gasteiger partial charge on any atom is -0.340 e. The molecule has 0 radical (unpaired) electrons. The van der Waals surface area contributed by atoms with E-state index in [0.29, 0.717) is 23.1 Å². The SMILES string of the molecule is Cc1nc(Nc2ccc(NS(=O)(=O)c3ccccc3Cl)cc2)cc(-n2ccnc2)n1. The zero-order chi connectivity index (χ0) is 21.1. The number of halogens is 1. The summed E-state index contributed by atoms with van der Waals surface area (Å²) < 4.78 is 29.4. The first-order valence-corrected chi connectivity index (χ1v) is 10.8. The summed E-state index contributed by atoms with van der Waals surface area (Å²) in [4.78, 5) is 12.8. The van der Waals surface area contributed by atoms with Gasteiger partial charge in [0.25, 0.3) is 10.0 Å². The van der Waals surface area contributed by atoms with Crippen LogP contribution in [0.3, 0.4) is 0 Å². The first kappa shape index (κ1) is 19.9. The molecule has 0 fully saturated rings. The van der Waals surface area contributed by atoms with Crippen molar-refractivity contribution in [3.05, 3.63) is 84.2 Å². The van der Waals surface area contributed by atoms with E-state index in [0.717, 1.165) is 5.69 Å². The van der Waals surface area contributed by atoms with Gasteiger partial charge in [0.2, 0.25) is 0 Å². The summed E-state index contributed by atoms with van der Waals surface area (Å²) in [5.41, 5.74) is 1.16. The second-order valence-electron chi connectivity index (χ2n) is 6.37. The molecule has 10 heteroatoms. The molecule has 2 heterocycles. The lowest BCUT2D eigenvalue weighted by Crippen LogP contribution is -2.13. The molecule has 0 aliphatic heterocycles.